The Morgan fingerprint density at radius 1 is 1.13 bits per heavy atom. The van der Waals surface area contributed by atoms with E-state index in [0.29, 0.717) is 28.6 Å². The van der Waals surface area contributed by atoms with Crippen LogP contribution >= 0.6 is 0 Å². The summed E-state index contributed by atoms with van der Waals surface area (Å²) in [7, 11) is 0. The van der Waals surface area contributed by atoms with E-state index in [2.05, 4.69) is 29.9 Å². The number of hydrogen-bond donors (Lipinski definition) is 3. The number of aromatic nitrogens is 6. The molecule has 0 fully saturated rings. The number of fused-ring (bicyclic) bond motifs is 1. The van der Waals surface area contributed by atoms with Gasteiger partial charge in [0, 0.05) is 12.4 Å². The molecule has 7 heteroatoms. The second-order valence-corrected chi connectivity index (χ2v) is 2.97. The summed E-state index contributed by atoms with van der Waals surface area (Å²) < 4.78 is 0. The third-order valence-corrected chi connectivity index (χ3v) is 2.02. The van der Waals surface area contributed by atoms with E-state index in [9.17, 15) is 0 Å². The maximum absolute atomic E-state index is 5.74. The Balaban J connectivity index is 2.29. The highest BCUT2D eigenvalue weighted by Gasteiger charge is 2.09. The molecule has 0 unspecified atom stereocenters. The van der Waals surface area contributed by atoms with Gasteiger partial charge in [0.2, 0.25) is 0 Å². The van der Waals surface area contributed by atoms with Crippen molar-refractivity contribution in [3.63, 3.8) is 0 Å². The molecule has 0 saturated carbocycles. The van der Waals surface area contributed by atoms with Crippen LogP contribution in [0, 0.1) is 0 Å². The quantitative estimate of drug-likeness (QED) is 0.525. The van der Waals surface area contributed by atoms with E-state index in [-0.39, 0.29) is 0 Å². The minimum Gasteiger partial charge on any atom is -0.382 e. The lowest BCUT2D eigenvalue weighted by atomic mass is 10.4. The third kappa shape index (κ3) is 1.13. The Hall–Kier alpha value is -2.44. The second kappa shape index (κ2) is 2.77. The maximum atomic E-state index is 5.74. The number of H-pyrrole nitrogens is 2. The number of hydrogen-bond acceptors (Lipinski definition) is 5. The molecule has 0 radical (unpaired) electrons. The van der Waals surface area contributed by atoms with Crippen LogP contribution in [0.1, 0.15) is 0 Å². The Bertz CT molecular complexity index is 595. The molecule has 0 aliphatic carbocycles. The van der Waals surface area contributed by atoms with Crippen LogP contribution in [-0.2, 0) is 0 Å². The number of nitrogen functional groups attached to an aromatic ring is 1. The van der Waals surface area contributed by atoms with Crippen molar-refractivity contribution in [2.75, 3.05) is 5.73 Å². The molecule has 15 heavy (non-hydrogen) atoms. The number of nitrogens with one attached hydrogen (secondary N) is 2. The molecule has 0 atom stereocenters. The maximum Gasteiger partial charge on any atom is 0.199 e. The zero-order valence-electron chi connectivity index (χ0n) is 7.60. The molecule has 74 valence electrons. The first kappa shape index (κ1) is 7.92. The zero-order valence-corrected chi connectivity index (χ0v) is 7.60. The molecular formula is C8H7N7. The van der Waals surface area contributed by atoms with Crippen LogP contribution in [0.4, 0.5) is 5.82 Å². The average Bonchev–Trinajstić information content (AvgIpc) is 2.88. The van der Waals surface area contributed by atoms with E-state index < -0.39 is 0 Å². The molecule has 0 spiro atoms. The smallest absolute Gasteiger partial charge is 0.199 e. The summed E-state index contributed by atoms with van der Waals surface area (Å²) in [5.41, 5.74) is 6.92. The Labute approximate surface area is 83.8 Å². The van der Waals surface area contributed by atoms with E-state index in [1.54, 1.807) is 12.4 Å². The summed E-state index contributed by atoms with van der Waals surface area (Å²) in [5.74, 6) is 1.38. The van der Waals surface area contributed by atoms with Gasteiger partial charge in [0.1, 0.15) is 5.52 Å². The number of aromatic amines is 2. The highest BCUT2D eigenvalue weighted by molar-refractivity contribution is 5.82. The third-order valence-electron chi connectivity index (χ3n) is 2.02. The van der Waals surface area contributed by atoms with E-state index in [1.165, 1.54) is 6.33 Å². The van der Waals surface area contributed by atoms with Gasteiger partial charge >= 0.3 is 0 Å². The minimum atomic E-state index is 0.365. The Morgan fingerprint density at radius 2 is 2.07 bits per heavy atom. The lowest BCUT2D eigenvalue weighted by Crippen LogP contribution is -1.98. The lowest BCUT2D eigenvalue weighted by Gasteiger charge is -1.98. The first-order valence-electron chi connectivity index (χ1n) is 4.31. The van der Waals surface area contributed by atoms with Crippen LogP contribution in [0.3, 0.4) is 0 Å². The molecule has 3 aromatic heterocycles. The number of imidazole rings is 2. The van der Waals surface area contributed by atoms with Crippen molar-refractivity contribution >= 4 is 17.0 Å². The monoisotopic (exact) mass is 201 g/mol. The number of anilines is 1. The van der Waals surface area contributed by atoms with Crippen molar-refractivity contribution in [2.24, 2.45) is 0 Å². The molecule has 4 N–H and O–H groups in total. The van der Waals surface area contributed by atoms with Crippen molar-refractivity contribution in [1.82, 2.24) is 29.9 Å². The van der Waals surface area contributed by atoms with E-state index in [0.717, 1.165) is 0 Å². The van der Waals surface area contributed by atoms with Gasteiger partial charge in [-0.1, -0.05) is 0 Å². The van der Waals surface area contributed by atoms with Gasteiger partial charge in [0.05, 0.1) is 6.33 Å². The van der Waals surface area contributed by atoms with Gasteiger partial charge in [0.15, 0.2) is 23.1 Å². The van der Waals surface area contributed by atoms with Gasteiger partial charge in [-0.25, -0.2) is 19.9 Å². The molecule has 0 aliphatic heterocycles. The fraction of sp³-hybridized carbons (Fsp3) is 0. The van der Waals surface area contributed by atoms with Crippen molar-refractivity contribution < 1.29 is 0 Å². The van der Waals surface area contributed by atoms with E-state index >= 15 is 0 Å². The average molecular weight is 201 g/mol. The fourth-order valence-electron chi connectivity index (χ4n) is 1.35. The highest BCUT2D eigenvalue weighted by atomic mass is 15.1. The number of rotatable bonds is 1. The van der Waals surface area contributed by atoms with Gasteiger partial charge in [-0.3, -0.25) is 0 Å². The van der Waals surface area contributed by atoms with Crippen molar-refractivity contribution in [1.29, 1.82) is 0 Å². The van der Waals surface area contributed by atoms with E-state index in [1.807, 2.05) is 0 Å². The largest absolute Gasteiger partial charge is 0.382 e. The molecular weight excluding hydrogens is 194 g/mol. The van der Waals surface area contributed by atoms with Crippen molar-refractivity contribution in [3.05, 3.63) is 18.7 Å². The first-order chi connectivity index (χ1) is 7.34. The predicted octanol–water partition coefficient (Wildman–Crippen LogP) is 0.325. The summed E-state index contributed by atoms with van der Waals surface area (Å²) in [6.45, 7) is 0. The second-order valence-electron chi connectivity index (χ2n) is 2.97. The molecule has 0 bridgehead atoms. The molecule has 3 rings (SSSR count). The zero-order chi connectivity index (χ0) is 10.3. The highest BCUT2D eigenvalue weighted by Crippen LogP contribution is 2.17. The first-order valence-corrected chi connectivity index (χ1v) is 4.31. The van der Waals surface area contributed by atoms with Crippen LogP contribution in [0.2, 0.25) is 0 Å². The number of nitrogens with two attached hydrogens (primary N) is 1. The lowest BCUT2D eigenvalue weighted by molar-refractivity contribution is 1.15. The van der Waals surface area contributed by atoms with Gasteiger partial charge in [-0.2, -0.15) is 0 Å². The van der Waals surface area contributed by atoms with Crippen LogP contribution in [-0.4, -0.2) is 29.9 Å². The molecule has 0 aliphatic rings. The summed E-state index contributed by atoms with van der Waals surface area (Å²) in [4.78, 5) is 22.2. The van der Waals surface area contributed by atoms with Gasteiger partial charge in [0.25, 0.3) is 0 Å². The Kier molecular flexibility index (Phi) is 1.46. The van der Waals surface area contributed by atoms with Gasteiger partial charge in [-0.05, 0) is 0 Å². The molecule has 7 nitrogen and oxygen atoms in total. The van der Waals surface area contributed by atoms with Crippen molar-refractivity contribution in [2.45, 2.75) is 0 Å². The molecule has 0 saturated heterocycles. The molecule has 3 aromatic rings. The number of nitrogens with zero attached hydrogens (tertiary/aromatic N) is 4. The standard InChI is InChI=1S/C8H7N7/c9-5-4-6(13-3-12-4)15-8(14-5)7-10-1-2-11-7/h1-3H,(H,10,11)(H3,9,12,13,14,15). The molecule has 0 amide bonds. The summed E-state index contributed by atoms with van der Waals surface area (Å²) >= 11 is 0. The minimum absolute atomic E-state index is 0.365. The summed E-state index contributed by atoms with van der Waals surface area (Å²) in [5, 5.41) is 0. The molecule has 0 aromatic carbocycles. The molecule has 3 heterocycles. The fourth-order valence-corrected chi connectivity index (χ4v) is 1.35. The summed E-state index contributed by atoms with van der Waals surface area (Å²) in [6, 6.07) is 0. The summed E-state index contributed by atoms with van der Waals surface area (Å²) in [6.07, 6.45) is 4.86. The SMILES string of the molecule is Nc1nc(-c2ncc[nH]2)nc2nc[nH]c12. The van der Waals surface area contributed by atoms with Crippen LogP contribution in [0.25, 0.3) is 22.8 Å². The van der Waals surface area contributed by atoms with Crippen molar-refractivity contribution in [3.8, 4) is 11.6 Å². The van der Waals surface area contributed by atoms with E-state index in [4.69, 9.17) is 5.73 Å². The normalized spacial score (nSPS) is 10.9. The topological polar surface area (TPSA) is 109 Å². The van der Waals surface area contributed by atoms with Gasteiger partial charge in [-0.15, -0.1) is 0 Å². The predicted molar refractivity (Wildman–Crippen MR) is 53.7 cm³/mol. The Morgan fingerprint density at radius 3 is 2.87 bits per heavy atom. The van der Waals surface area contributed by atoms with Crippen LogP contribution in [0.15, 0.2) is 18.7 Å². The van der Waals surface area contributed by atoms with Crippen LogP contribution in [0.5, 0.6) is 0 Å². The van der Waals surface area contributed by atoms with Crippen LogP contribution < -0.4 is 5.73 Å². The van der Waals surface area contributed by atoms with Gasteiger partial charge < -0.3 is 15.7 Å².